The maximum Gasteiger partial charge on any atom is 0.338 e. The Labute approximate surface area is 129 Å². The van der Waals surface area contributed by atoms with Crippen LogP contribution in [0.1, 0.15) is 10.4 Å². The van der Waals surface area contributed by atoms with Gasteiger partial charge in [0.2, 0.25) is 0 Å². The molecule has 0 bridgehead atoms. The second-order valence-electron chi connectivity index (χ2n) is 4.19. The number of nitrogen functional groups attached to an aromatic ring is 1. The van der Waals surface area contributed by atoms with Gasteiger partial charge in [-0.3, -0.25) is 4.21 Å². The van der Waals surface area contributed by atoms with Gasteiger partial charge in [0.15, 0.2) is 5.75 Å². The summed E-state index contributed by atoms with van der Waals surface area (Å²) in [6.45, 7) is 0. The summed E-state index contributed by atoms with van der Waals surface area (Å²) in [6, 6.07) is 11.3. The summed E-state index contributed by atoms with van der Waals surface area (Å²) in [5.41, 5.74) is 6.11. The van der Waals surface area contributed by atoms with Crippen molar-refractivity contribution in [3.63, 3.8) is 0 Å². The van der Waals surface area contributed by atoms with E-state index in [1.165, 1.54) is 19.2 Å². The van der Waals surface area contributed by atoms with Gasteiger partial charge in [0, 0.05) is 11.3 Å². The molecule has 7 nitrogen and oxygen atoms in total. The lowest BCUT2D eigenvalue weighted by molar-refractivity contribution is 0.0601. The number of ether oxygens (including phenoxy) is 2. The van der Waals surface area contributed by atoms with Crippen LogP contribution in [-0.2, 0) is 16.0 Å². The molecule has 0 saturated heterocycles. The van der Waals surface area contributed by atoms with Gasteiger partial charge >= 0.3 is 5.97 Å². The molecule has 116 valence electrons. The van der Waals surface area contributed by atoms with Crippen LogP contribution in [0, 0.1) is 0 Å². The van der Waals surface area contributed by atoms with Crippen molar-refractivity contribution in [3.8, 4) is 11.5 Å². The summed E-state index contributed by atoms with van der Waals surface area (Å²) >= 11 is -2.60. The summed E-state index contributed by atoms with van der Waals surface area (Å²) in [5.74, 6) is -0.0690. The van der Waals surface area contributed by atoms with Crippen LogP contribution >= 0.6 is 0 Å². The van der Waals surface area contributed by atoms with Gasteiger partial charge < -0.3 is 24.5 Å². The summed E-state index contributed by atoms with van der Waals surface area (Å²) in [4.78, 5) is 11.6. The maximum absolute atomic E-state index is 11.6. The van der Waals surface area contributed by atoms with Crippen LogP contribution in [0.3, 0.4) is 0 Å². The van der Waals surface area contributed by atoms with Crippen molar-refractivity contribution in [2.24, 2.45) is 0 Å². The van der Waals surface area contributed by atoms with E-state index in [4.69, 9.17) is 10.5 Å². The highest BCUT2D eigenvalue weighted by Crippen LogP contribution is 2.37. The predicted molar refractivity (Wildman–Crippen MR) is 81.3 cm³/mol. The summed E-state index contributed by atoms with van der Waals surface area (Å²) in [7, 11) is 1.21. The highest BCUT2D eigenvalue weighted by molar-refractivity contribution is 7.80. The Bertz CT molecular complexity index is 706. The fraction of sp³-hybridized carbons (Fsp3) is 0.0714. The van der Waals surface area contributed by atoms with E-state index in [1.807, 2.05) is 6.07 Å². The van der Waals surface area contributed by atoms with E-state index in [-0.39, 0.29) is 22.7 Å². The minimum absolute atomic E-state index is 0.0394. The van der Waals surface area contributed by atoms with E-state index in [1.54, 1.807) is 24.3 Å². The number of carbonyl (C=O) groups is 1. The van der Waals surface area contributed by atoms with Gasteiger partial charge in [-0.15, -0.1) is 0 Å². The van der Waals surface area contributed by atoms with Gasteiger partial charge in [-0.25, -0.2) is 4.79 Å². The summed E-state index contributed by atoms with van der Waals surface area (Å²) in [6.07, 6.45) is 0. The lowest BCUT2D eigenvalue weighted by Gasteiger charge is -2.17. The number of para-hydroxylation sites is 1. The van der Waals surface area contributed by atoms with Crippen molar-refractivity contribution in [1.29, 1.82) is 0 Å². The van der Waals surface area contributed by atoms with Crippen molar-refractivity contribution >= 4 is 28.6 Å². The quantitative estimate of drug-likeness (QED) is 0.495. The number of esters is 1. The number of rotatable bonds is 5. The number of nitrogens with two attached hydrogens (primary N) is 1. The first kappa shape index (κ1) is 15.8. The third kappa shape index (κ3) is 3.74. The molecule has 0 aliphatic rings. The molecule has 2 rings (SSSR count). The summed E-state index contributed by atoms with van der Waals surface area (Å²) < 4.78 is 34.2. The molecule has 0 aliphatic heterocycles. The molecule has 0 aromatic heterocycles. The number of benzene rings is 2. The van der Waals surface area contributed by atoms with E-state index in [2.05, 4.69) is 9.46 Å². The van der Waals surface area contributed by atoms with E-state index in [0.717, 1.165) is 0 Å². The Morgan fingerprint density at radius 1 is 1.27 bits per heavy atom. The Morgan fingerprint density at radius 3 is 2.55 bits per heavy atom. The first-order valence-electron chi connectivity index (χ1n) is 6.12. The first-order chi connectivity index (χ1) is 10.5. The van der Waals surface area contributed by atoms with Crippen molar-refractivity contribution in [2.45, 2.75) is 0 Å². The zero-order valence-electron chi connectivity index (χ0n) is 11.6. The van der Waals surface area contributed by atoms with Crippen LogP contribution in [0.5, 0.6) is 11.5 Å². The Balaban J connectivity index is 2.46. The molecule has 1 unspecified atom stereocenters. The molecular formula is C14H13N2O5S-. The number of anilines is 2. The van der Waals surface area contributed by atoms with Crippen LogP contribution in [-0.4, -0.2) is 21.8 Å². The number of hydrogen-bond acceptors (Lipinski definition) is 6. The van der Waals surface area contributed by atoms with Gasteiger partial charge in [-0.1, -0.05) is 18.2 Å². The average molecular weight is 321 g/mol. The minimum atomic E-state index is -2.60. The zero-order valence-corrected chi connectivity index (χ0v) is 12.4. The Kier molecular flexibility index (Phi) is 4.97. The highest BCUT2D eigenvalue weighted by atomic mass is 32.2. The second-order valence-corrected chi connectivity index (χ2v) is 4.86. The molecule has 2 aromatic carbocycles. The molecule has 0 aliphatic carbocycles. The fourth-order valence-corrected chi connectivity index (χ4v) is 2.10. The third-order valence-electron chi connectivity index (χ3n) is 2.70. The van der Waals surface area contributed by atoms with E-state index in [9.17, 15) is 13.6 Å². The molecule has 8 heteroatoms. The molecule has 2 aromatic rings. The van der Waals surface area contributed by atoms with Crippen LogP contribution in [0.15, 0.2) is 42.5 Å². The molecular weight excluding hydrogens is 308 g/mol. The second kappa shape index (κ2) is 6.92. The van der Waals surface area contributed by atoms with Gasteiger partial charge in [0.25, 0.3) is 0 Å². The molecule has 3 N–H and O–H groups in total. The van der Waals surface area contributed by atoms with Crippen molar-refractivity contribution < 1.29 is 23.0 Å². The lowest BCUT2D eigenvalue weighted by Crippen LogP contribution is -2.09. The van der Waals surface area contributed by atoms with Crippen molar-refractivity contribution in [1.82, 2.24) is 0 Å². The molecule has 1 atom stereocenters. The molecule has 0 amide bonds. The van der Waals surface area contributed by atoms with Gasteiger partial charge in [-0.2, -0.15) is 0 Å². The molecule has 0 heterocycles. The fourth-order valence-electron chi connectivity index (χ4n) is 1.77. The molecule has 0 spiro atoms. The van der Waals surface area contributed by atoms with Crippen molar-refractivity contribution in [3.05, 3.63) is 48.0 Å². The van der Waals surface area contributed by atoms with Crippen LogP contribution in [0.25, 0.3) is 0 Å². The Hall–Kier alpha value is -2.58. The van der Waals surface area contributed by atoms with Crippen LogP contribution in [0.4, 0.5) is 11.4 Å². The highest BCUT2D eigenvalue weighted by Gasteiger charge is 2.16. The largest absolute Gasteiger partial charge is 0.755 e. The van der Waals surface area contributed by atoms with Gasteiger partial charge in [-0.05, 0) is 24.3 Å². The average Bonchev–Trinajstić information content (AvgIpc) is 2.50. The van der Waals surface area contributed by atoms with Crippen molar-refractivity contribution in [2.75, 3.05) is 17.6 Å². The lowest BCUT2D eigenvalue weighted by atomic mass is 10.1. The first-order valence-corrected chi connectivity index (χ1v) is 7.19. The van der Waals surface area contributed by atoms with Gasteiger partial charge in [0.1, 0.15) is 5.75 Å². The standard InChI is InChI=1S/C14H14N2O5S/c1-20-14(17)9-7-11(15)13(12(8-9)16-22(18)19)21-10-5-3-2-4-6-10/h2-8,16H,15H2,1H3,(H,18,19)/p-1. The van der Waals surface area contributed by atoms with Crippen LogP contribution in [0.2, 0.25) is 0 Å². The SMILES string of the molecule is COC(=O)c1cc(N)c(Oc2ccccc2)c(NS(=O)[O-])c1. The number of nitrogens with one attached hydrogen (secondary N) is 1. The Morgan fingerprint density at radius 2 is 1.95 bits per heavy atom. The minimum Gasteiger partial charge on any atom is -0.755 e. The number of hydrogen-bond donors (Lipinski definition) is 2. The third-order valence-corrected chi connectivity index (χ3v) is 3.08. The maximum atomic E-state index is 11.6. The molecule has 0 fully saturated rings. The predicted octanol–water partition coefficient (Wildman–Crippen LogP) is 2.05. The normalized spacial score (nSPS) is 11.5. The summed E-state index contributed by atoms with van der Waals surface area (Å²) in [5, 5.41) is 0. The zero-order chi connectivity index (χ0) is 16.1. The number of carbonyl (C=O) groups excluding carboxylic acids is 1. The smallest absolute Gasteiger partial charge is 0.338 e. The molecule has 22 heavy (non-hydrogen) atoms. The molecule has 0 radical (unpaired) electrons. The topological polar surface area (TPSA) is 114 Å². The van der Waals surface area contributed by atoms with E-state index >= 15 is 0 Å². The monoisotopic (exact) mass is 321 g/mol. The van der Waals surface area contributed by atoms with E-state index in [0.29, 0.717) is 5.75 Å². The number of methoxy groups -OCH3 is 1. The van der Waals surface area contributed by atoms with Gasteiger partial charge in [0.05, 0.1) is 24.0 Å². The molecule has 0 saturated carbocycles. The van der Waals surface area contributed by atoms with Crippen LogP contribution < -0.4 is 15.2 Å². The van der Waals surface area contributed by atoms with E-state index < -0.39 is 17.2 Å².